The first-order valence-corrected chi connectivity index (χ1v) is 3.13. The van der Waals surface area contributed by atoms with E-state index in [9.17, 15) is 0 Å². The lowest BCUT2D eigenvalue weighted by atomic mass is 10.2. The van der Waals surface area contributed by atoms with Gasteiger partial charge in [0.1, 0.15) is 11.7 Å². The van der Waals surface area contributed by atoms with Crippen LogP contribution in [0, 0.1) is 0 Å². The van der Waals surface area contributed by atoms with Gasteiger partial charge in [0.15, 0.2) is 0 Å². The molecule has 0 saturated heterocycles. The molecule has 0 heterocycles. The monoisotopic (exact) mass is 160 g/mol. The lowest BCUT2D eigenvalue weighted by molar-refractivity contribution is 0.315. The van der Waals surface area contributed by atoms with E-state index in [1.165, 1.54) is 0 Å². The molecule has 0 amide bonds. The minimum absolute atomic E-state index is 0.149. The fourth-order valence-corrected chi connectivity index (χ4v) is 0.551. The third-order valence-corrected chi connectivity index (χ3v) is 1.12. The molecule has 6 heteroatoms. The Hall–Kier alpha value is -1.46. The normalized spacial score (nSPS) is 13.5. The van der Waals surface area contributed by atoms with Crippen molar-refractivity contribution in [3.63, 3.8) is 0 Å². The van der Waals surface area contributed by atoms with Gasteiger partial charge in [-0.15, -0.1) is 0 Å². The van der Waals surface area contributed by atoms with Crippen LogP contribution in [0.1, 0.15) is 19.3 Å². The molecule has 0 spiro atoms. The summed E-state index contributed by atoms with van der Waals surface area (Å²) in [5, 5.41) is 21.7. The maximum absolute atomic E-state index is 8.11. The van der Waals surface area contributed by atoms with Gasteiger partial charge in [-0.25, -0.2) is 0 Å². The second-order valence-corrected chi connectivity index (χ2v) is 2.04. The van der Waals surface area contributed by atoms with Crippen molar-refractivity contribution in [1.82, 2.24) is 0 Å². The summed E-state index contributed by atoms with van der Waals surface area (Å²) in [6.07, 6.45) is 1.48. The summed E-state index contributed by atoms with van der Waals surface area (Å²) in [7, 11) is 0. The van der Waals surface area contributed by atoms with Crippen LogP contribution < -0.4 is 11.5 Å². The summed E-state index contributed by atoms with van der Waals surface area (Å²) in [5.41, 5.74) is 10.3. The molecule has 6 N–H and O–H groups in total. The first kappa shape index (κ1) is 9.54. The lowest BCUT2D eigenvalue weighted by Gasteiger charge is -1.96. The number of oxime groups is 2. The molecule has 0 rings (SSSR count). The van der Waals surface area contributed by atoms with Crippen LogP contribution in [0.5, 0.6) is 0 Å². The zero-order valence-corrected chi connectivity index (χ0v) is 6.06. The fraction of sp³-hybridized carbons (Fsp3) is 0.600. The minimum Gasteiger partial charge on any atom is -0.409 e. The standard InChI is InChI=1S/C5H12N4O2/c6-4(8-10)2-1-3-5(7)9-11/h10-11H,1-3H2,(H2,6,8)(H2,7,9). The molecule has 0 aromatic carbocycles. The predicted octanol–water partition coefficient (Wildman–Crippen LogP) is -0.351. The van der Waals surface area contributed by atoms with E-state index in [2.05, 4.69) is 10.3 Å². The van der Waals surface area contributed by atoms with Crippen molar-refractivity contribution < 1.29 is 10.4 Å². The van der Waals surface area contributed by atoms with Crippen molar-refractivity contribution in [3.8, 4) is 0 Å². The Balaban J connectivity index is 3.43. The zero-order chi connectivity index (χ0) is 8.69. The Kier molecular flexibility index (Phi) is 4.63. The van der Waals surface area contributed by atoms with Crippen molar-refractivity contribution in [1.29, 1.82) is 0 Å². The molecular weight excluding hydrogens is 148 g/mol. The summed E-state index contributed by atoms with van der Waals surface area (Å²) in [6.45, 7) is 0. The van der Waals surface area contributed by atoms with E-state index < -0.39 is 0 Å². The first-order valence-electron chi connectivity index (χ1n) is 3.13. The Labute approximate surface area is 64.2 Å². The average Bonchev–Trinajstić information content (AvgIpc) is 2.04. The highest BCUT2D eigenvalue weighted by atomic mass is 16.4. The molecule has 0 aromatic rings. The number of nitrogens with zero attached hydrogens (tertiary/aromatic N) is 2. The number of hydrogen-bond donors (Lipinski definition) is 4. The van der Waals surface area contributed by atoms with Gasteiger partial charge in [0, 0.05) is 12.8 Å². The van der Waals surface area contributed by atoms with Gasteiger partial charge in [-0.05, 0) is 6.42 Å². The molecule has 0 saturated carbocycles. The maximum atomic E-state index is 8.11. The van der Waals surface area contributed by atoms with Crippen molar-refractivity contribution in [3.05, 3.63) is 0 Å². The van der Waals surface area contributed by atoms with Gasteiger partial charge >= 0.3 is 0 Å². The highest BCUT2D eigenvalue weighted by molar-refractivity contribution is 5.82. The summed E-state index contributed by atoms with van der Waals surface area (Å²) >= 11 is 0. The number of nitrogens with two attached hydrogens (primary N) is 2. The predicted molar refractivity (Wildman–Crippen MR) is 40.7 cm³/mol. The van der Waals surface area contributed by atoms with E-state index in [1.807, 2.05) is 0 Å². The van der Waals surface area contributed by atoms with E-state index in [-0.39, 0.29) is 11.7 Å². The highest BCUT2D eigenvalue weighted by Crippen LogP contribution is 1.94. The Morgan fingerprint density at radius 1 is 1.00 bits per heavy atom. The van der Waals surface area contributed by atoms with E-state index >= 15 is 0 Å². The van der Waals surface area contributed by atoms with Gasteiger partial charge < -0.3 is 21.9 Å². The smallest absolute Gasteiger partial charge is 0.139 e. The van der Waals surface area contributed by atoms with Crippen LogP contribution in [-0.4, -0.2) is 22.1 Å². The molecule has 0 aliphatic heterocycles. The largest absolute Gasteiger partial charge is 0.409 e. The molecule has 0 bridgehead atoms. The van der Waals surface area contributed by atoms with Crippen LogP contribution in [0.15, 0.2) is 10.3 Å². The molecule has 0 atom stereocenters. The Morgan fingerprint density at radius 2 is 1.36 bits per heavy atom. The van der Waals surface area contributed by atoms with Crippen molar-refractivity contribution in [2.24, 2.45) is 21.8 Å². The maximum Gasteiger partial charge on any atom is 0.139 e. The van der Waals surface area contributed by atoms with Crippen molar-refractivity contribution in [2.75, 3.05) is 0 Å². The number of amidine groups is 2. The molecule has 64 valence electrons. The summed E-state index contributed by atoms with van der Waals surface area (Å²) in [6, 6.07) is 0. The molecule has 0 aliphatic rings. The van der Waals surface area contributed by atoms with Gasteiger partial charge in [-0.2, -0.15) is 0 Å². The van der Waals surface area contributed by atoms with Gasteiger partial charge in [0.2, 0.25) is 0 Å². The molecule has 0 aromatic heterocycles. The first-order chi connectivity index (χ1) is 5.20. The number of rotatable bonds is 4. The van der Waals surface area contributed by atoms with Crippen LogP contribution in [0.2, 0.25) is 0 Å². The highest BCUT2D eigenvalue weighted by Gasteiger charge is 1.95. The molecule has 6 nitrogen and oxygen atoms in total. The van der Waals surface area contributed by atoms with Crippen molar-refractivity contribution in [2.45, 2.75) is 19.3 Å². The summed E-state index contributed by atoms with van der Waals surface area (Å²) < 4.78 is 0. The van der Waals surface area contributed by atoms with Crippen LogP contribution in [0.4, 0.5) is 0 Å². The van der Waals surface area contributed by atoms with Crippen LogP contribution in [0.25, 0.3) is 0 Å². The molecule has 0 aliphatic carbocycles. The second-order valence-electron chi connectivity index (χ2n) is 2.04. The molecular formula is C5H12N4O2. The number of hydrogen-bond acceptors (Lipinski definition) is 4. The van der Waals surface area contributed by atoms with Crippen LogP contribution >= 0.6 is 0 Å². The van der Waals surface area contributed by atoms with Gasteiger partial charge in [-0.1, -0.05) is 10.3 Å². The van der Waals surface area contributed by atoms with Crippen LogP contribution in [0.3, 0.4) is 0 Å². The Bertz CT molecular complexity index is 148. The Morgan fingerprint density at radius 3 is 1.64 bits per heavy atom. The third kappa shape index (κ3) is 5.01. The van der Waals surface area contributed by atoms with Gasteiger partial charge in [0.25, 0.3) is 0 Å². The SMILES string of the molecule is N/C(CCC/C(N)=N\O)=N/O. The summed E-state index contributed by atoms with van der Waals surface area (Å²) in [5.74, 6) is 0.298. The topological polar surface area (TPSA) is 117 Å². The lowest BCUT2D eigenvalue weighted by Crippen LogP contribution is -2.15. The zero-order valence-electron chi connectivity index (χ0n) is 6.06. The molecule has 0 unspecified atom stereocenters. The van der Waals surface area contributed by atoms with Crippen molar-refractivity contribution >= 4 is 11.7 Å². The van der Waals surface area contributed by atoms with E-state index in [0.29, 0.717) is 19.3 Å². The molecule has 0 radical (unpaired) electrons. The summed E-state index contributed by atoms with van der Waals surface area (Å²) in [4.78, 5) is 0. The minimum atomic E-state index is 0.149. The fourth-order valence-electron chi connectivity index (χ4n) is 0.551. The van der Waals surface area contributed by atoms with Crippen LogP contribution in [-0.2, 0) is 0 Å². The quantitative estimate of drug-likeness (QED) is 0.194. The molecule has 11 heavy (non-hydrogen) atoms. The van der Waals surface area contributed by atoms with E-state index in [0.717, 1.165) is 0 Å². The van der Waals surface area contributed by atoms with E-state index in [4.69, 9.17) is 21.9 Å². The van der Waals surface area contributed by atoms with Gasteiger partial charge in [0.05, 0.1) is 0 Å². The van der Waals surface area contributed by atoms with E-state index in [1.54, 1.807) is 0 Å². The third-order valence-electron chi connectivity index (χ3n) is 1.12. The second kappa shape index (κ2) is 5.33. The average molecular weight is 160 g/mol. The molecule has 0 fully saturated rings. The van der Waals surface area contributed by atoms with Gasteiger partial charge in [-0.3, -0.25) is 0 Å².